The summed E-state index contributed by atoms with van der Waals surface area (Å²) in [6, 6.07) is 23.7. The molecule has 180 valence electrons. The Balaban J connectivity index is 0.00000103. The van der Waals surface area contributed by atoms with Gasteiger partial charge in [-0.25, -0.2) is 0 Å². The van der Waals surface area contributed by atoms with Gasteiger partial charge in [0, 0.05) is 11.5 Å². The predicted molar refractivity (Wildman–Crippen MR) is 137 cm³/mol. The van der Waals surface area contributed by atoms with E-state index in [-0.39, 0.29) is 0 Å². The van der Waals surface area contributed by atoms with E-state index in [0.29, 0.717) is 25.0 Å². The molecule has 0 aliphatic carbocycles. The van der Waals surface area contributed by atoms with Gasteiger partial charge in [-0.1, -0.05) is 87.0 Å². The maximum Gasteiger partial charge on any atom is 0.500 e. The van der Waals surface area contributed by atoms with Crippen molar-refractivity contribution in [2.75, 3.05) is 0 Å². The Bertz CT molecular complexity index is 1010. The molecule has 0 N–H and O–H groups in total. The monoisotopic (exact) mass is 461 g/mol. The molecule has 1 saturated heterocycles. The van der Waals surface area contributed by atoms with Gasteiger partial charge in [0.15, 0.2) is 0 Å². The number of hydrogen-bond donors (Lipinski definition) is 0. The van der Waals surface area contributed by atoms with Crippen LogP contribution in [0.3, 0.4) is 0 Å². The first kappa shape index (κ1) is 25.8. The first-order chi connectivity index (χ1) is 16.3. The van der Waals surface area contributed by atoms with Crippen molar-refractivity contribution < 1.29 is 18.8 Å². The van der Waals surface area contributed by atoms with Gasteiger partial charge >= 0.3 is 7.12 Å². The fraction of sp³-hybridized carbons (Fsp3) is 0.393. The van der Waals surface area contributed by atoms with Crippen LogP contribution in [0.5, 0.6) is 11.8 Å². The zero-order chi connectivity index (χ0) is 24.6. The van der Waals surface area contributed by atoms with E-state index in [4.69, 9.17) is 18.8 Å². The second-order valence-electron chi connectivity index (χ2n) is 9.39. The Labute approximate surface area is 204 Å². The van der Waals surface area contributed by atoms with Crippen molar-refractivity contribution in [1.82, 2.24) is 4.98 Å². The average Bonchev–Trinajstić information content (AvgIpc) is 3.05. The molecule has 2 aromatic carbocycles. The molecule has 0 unspecified atom stereocenters. The Morgan fingerprint density at radius 3 is 1.68 bits per heavy atom. The van der Waals surface area contributed by atoms with E-state index in [9.17, 15) is 0 Å². The number of benzene rings is 2. The Kier molecular flexibility index (Phi) is 8.75. The largest absolute Gasteiger partial charge is 0.500 e. The van der Waals surface area contributed by atoms with Crippen LogP contribution in [0.25, 0.3) is 0 Å². The Morgan fingerprint density at radius 2 is 1.18 bits per heavy atom. The van der Waals surface area contributed by atoms with Crippen LogP contribution in [0.2, 0.25) is 0 Å². The molecule has 6 heteroatoms. The van der Waals surface area contributed by atoms with Crippen molar-refractivity contribution >= 4 is 12.6 Å². The van der Waals surface area contributed by atoms with Crippen molar-refractivity contribution in [1.29, 1.82) is 0 Å². The van der Waals surface area contributed by atoms with Crippen LogP contribution in [-0.4, -0.2) is 23.3 Å². The first-order valence-electron chi connectivity index (χ1n) is 12.0. The van der Waals surface area contributed by atoms with Crippen molar-refractivity contribution in [2.24, 2.45) is 0 Å². The van der Waals surface area contributed by atoms with Crippen LogP contribution < -0.4 is 14.9 Å². The van der Waals surface area contributed by atoms with E-state index in [2.05, 4.69) is 18.8 Å². The molecule has 0 amide bonds. The molecule has 34 heavy (non-hydrogen) atoms. The van der Waals surface area contributed by atoms with E-state index in [1.165, 1.54) is 6.42 Å². The zero-order valence-electron chi connectivity index (χ0n) is 21.2. The normalized spacial score (nSPS) is 15.9. The highest BCUT2D eigenvalue weighted by molar-refractivity contribution is 6.63. The summed E-state index contributed by atoms with van der Waals surface area (Å²) < 4.78 is 24.5. The first-order valence-corrected chi connectivity index (χ1v) is 12.0. The Hall–Kier alpha value is -2.83. The molecule has 0 spiro atoms. The van der Waals surface area contributed by atoms with Gasteiger partial charge in [-0.3, -0.25) is 0 Å². The lowest BCUT2D eigenvalue weighted by Gasteiger charge is -2.32. The van der Waals surface area contributed by atoms with Gasteiger partial charge in [-0.05, 0) is 38.8 Å². The van der Waals surface area contributed by atoms with Gasteiger partial charge in [-0.2, -0.15) is 4.98 Å². The Morgan fingerprint density at radius 1 is 0.706 bits per heavy atom. The second kappa shape index (κ2) is 11.5. The summed E-state index contributed by atoms with van der Waals surface area (Å²) in [6.07, 6.45) is 1.25. The molecule has 0 radical (unpaired) electrons. The highest BCUT2D eigenvalue weighted by Crippen LogP contribution is 2.37. The molecule has 2 heterocycles. The summed E-state index contributed by atoms with van der Waals surface area (Å²) in [5.74, 6) is 0.945. The summed E-state index contributed by atoms with van der Waals surface area (Å²) in [7, 11) is -0.563. The lowest BCUT2D eigenvalue weighted by Crippen LogP contribution is -2.41. The molecule has 5 nitrogen and oxygen atoms in total. The minimum Gasteiger partial charge on any atom is -0.473 e. The third-order valence-corrected chi connectivity index (χ3v) is 5.82. The third-order valence-electron chi connectivity index (χ3n) is 5.82. The highest BCUT2D eigenvalue weighted by Gasteiger charge is 2.52. The van der Waals surface area contributed by atoms with E-state index in [0.717, 1.165) is 16.6 Å². The fourth-order valence-electron chi connectivity index (χ4n) is 3.24. The molecule has 1 fully saturated rings. The molecule has 0 atom stereocenters. The second-order valence-corrected chi connectivity index (χ2v) is 9.39. The van der Waals surface area contributed by atoms with Crippen molar-refractivity contribution in [3.8, 4) is 11.8 Å². The predicted octanol–water partition coefficient (Wildman–Crippen LogP) is 5.96. The van der Waals surface area contributed by atoms with Crippen LogP contribution in [0.4, 0.5) is 0 Å². The van der Waals surface area contributed by atoms with Gasteiger partial charge in [0.1, 0.15) is 13.2 Å². The summed E-state index contributed by atoms with van der Waals surface area (Å²) >= 11 is 0. The maximum atomic E-state index is 6.23. The van der Waals surface area contributed by atoms with Crippen LogP contribution >= 0.6 is 0 Å². The van der Waals surface area contributed by atoms with Crippen LogP contribution in [0, 0.1) is 0 Å². The molecule has 1 aliphatic rings. The number of hydrogen-bond acceptors (Lipinski definition) is 5. The smallest absolute Gasteiger partial charge is 0.473 e. The van der Waals surface area contributed by atoms with Crippen molar-refractivity contribution in [3.63, 3.8) is 0 Å². The number of rotatable bonds is 7. The SMILES string of the molecule is CC1(C)OB(c2ccc(OCc3ccccc3)nc2OCc2ccccc2)OC1(C)C.CCC. The summed E-state index contributed by atoms with van der Waals surface area (Å²) in [6.45, 7) is 13.2. The lowest BCUT2D eigenvalue weighted by atomic mass is 9.79. The molecule has 1 aliphatic heterocycles. The summed E-state index contributed by atoms with van der Waals surface area (Å²) in [4.78, 5) is 4.64. The molecular formula is C28H36BNO4. The van der Waals surface area contributed by atoms with Crippen LogP contribution in [0.1, 0.15) is 59.1 Å². The van der Waals surface area contributed by atoms with Gasteiger partial charge in [-0.15, -0.1) is 0 Å². The minimum absolute atomic E-state index is 0.391. The van der Waals surface area contributed by atoms with Gasteiger partial charge < -0.3 is 18.8 Å². The van der Waals surface area contributed by atoms with E-state index < -0.39 is 18.3 Å². The molecule has 3 aromatic rings. The average molecular weight is 461 g/mol. The van der Waals surface area contributed by atoms with E-state index in [1.807, 2.05) is 100 Å². The van der Waals surface area contributed by atoms with E-state index in [1.54, 1.807) is 0 Å². The van der Waals surface area contributed by atoms with Crippen LogP contribution in [-0.2, 0) is 22.5 Å². The maximum absolute atomic E-state index is 6.23. The third kappa shape index (κ3) is 6.61. The van der Waals surface area contributed by atoms with Crippen LogP contribution in [0.15, 0.2) is 72.8 Å². The minimum atomic E-state index is -0.563. The number of pyridine rings is 1. The molecule has 0 bridgehead atoms. The van der Waals surface area contributed by atoms with E-state index >= 15 is 0 Å². The highest BCUT2D eigenvalue weighted by atomic mass is 16.7. The molecule has 0 saturated carbocycles. The lowest BCUT2D eigenvalue weighted by molar-refractivity contribution is 0.00578. The fourth-order valence-corrected chi connectivity index (χ4v) is 3.24. The topological polar surface area (TPSA) is 49.8 Å². The van der Waals surface area contributed by atoms with Crippen molar-refractivity contribution in [3.05, 3.63) is 83.9 Å². The molecule has 1 aromatic heterocycles. The van der Waals surface area contributed by atoms with Gasteiger partial charge in [0.2, 0.25) is 11.8 Å². The number of nitrogens with zero attached hydrogens (tertiary/aromatic N) is 1. The van der Waals surface area contributed by atoms with Gasteiger partial charge in [0.05, 0.1) is 11.2 Å². The quantitative estimate of drug-likeness (QED) is 0.407. The number of ether oxygens (including phenoxy) is 2. The molecule has 4 rings (SSSR count). The summed E-state index contributed by atoms with van der Waals surface area (Å²) in [5.41, 5.74) is 1.99. The van der Waals surface area contributed by atoms with Crippen molar-refractivity contribution in [2.45, 2.75) is 72.4 Å². The number of aromatic nitrogens is 1. The molecular weight excluding hydrogens is 425 g/mol. The standard InChI is InChI=1S/C25H28BNO4.C3H8/c1-24(2)25(3,4)31-26(30-24)21-15-16-22(28-17-19-11-7-5-8-12-19)27-23(21)29-18-20-13-9-6-10-14-20;1-3-2/h5-16H,17-18H2,1-4H3;3H2,1-2H3. The summed E-state index contributed by atoms with van der Waals surface area (Å²) in [5, 5.41) is 0. The zero-order valence-corrected chi connectivity index (χ0v) is 21.2. The van der Waals surface area contributed by atoms with Gasteiger partial charge in [0.25, 0.3) is 0 Å².